The molecule has 0 spiro atoms. The molecule has 1 atom stereocenters. The average Bonchev–Trinajstić information content (AvgIpc) is 2.95. The molecule has 1 aromatic rings. The number of alkyl halides is 1. The van der Waals surface area contributed by atoms with Gasteiger partial charge in [0.1, 0.15) is 5.88 Å². The van der Waals surface area contributed by atoms with Crippen LogP contribution in [0.5, 0.6) is 0 Å². The number of nitrogens with zero attached hydrogens (tertiary/aromatic N) is 2. The van der Waals surface area contributed by atoms with Gasteiger partial charge in [0.15, 0.2) is 0 Å². The summed E-state index contributed by atoms with van der Waals surface area (Å²) in [5, 5.41) is 0. The van der Waals surface area contributed by atoms with E-state index in [1.165, 1.54) is 5.56 Å². The molecule has 0 radical (unpaired) electrons. The largest absolute Gasteiger partial charge is 0.341 e. The lowest BCUT2D eigenvalue weighted by Gasteiger charge is -2.24. The van der Waals surface area contributed by atoms with E-state index in [2.05, 4.69) is 36.1 Å². The lowest BCUT2D eigenvalue weighted by atomic mass is 10.1. The lowest BCUT2D eigenvalue weighted by molar-refractivity contribution is -0.127. The first kappa shape index (κ1) is 15.3. The molecule has 0 aliphatic carbocycles. The SMILES string of the molecule is CCN(Cc1ccccc1)C[C@H]1CCN(C(=O)CCl)C1. The zero-order valence-electron chi connectivity index (χ0n) is 12.1. The van der Waals surface area contributed by atoms with Gasteiger partial charge in [-0.2, -0.15) is 0 Å². The van der Waals surface area contributed by atoms with Crippen molar-refractivity contribution in [2.75, 3.05) is 32.1 Å². The predicted molar refractivity (Wildman–Crippen MR) is 82.8 cm³/mol. The number of likely N-dealkylation sites (tertiary alicyclic amines) is 1. The van der Waals surface area contributed by atoms with Crippen LogP contribution in [0, 0.1) is 5.92 Å². The highest BCUT2D eigenvalue weighted by Gasteiger charge is 2.26. The molecule has 1 amide bonds. The van der Waals surface area contributed by atoms with Crippen molar-refractivity contribution in [1.29, 1.82) is 0 Å². The number of carbonyl (C=O) groups is 1. The number of rotatable bonds is 6. The summed E-state index contributed by atoms with van der Waals surface area (Å²) in [6, 6.07) is 10.5. The van der Waals surface area contributed by atoms with Crippen LogP contribution in [0.1, 0.15) is 18.9 Å². The van der Waals surface area contributed by atoms with Crippen molar-refractivity contribution in [2.45, 2.75) is 19.9 Å². The van der Waals surface area contributed by atoms with Gasteiger partial charge < -0.3 is 4.90 Å². The van der Waals surface area contributed by atoms with Crippen LogP contribution >= 0.6 is 11.6 Å². The Labute approximate surface area is 126 Å². The van der Waals surface area contributed by atoms with Crippen LogP contribution in [0.4, 0.5) is 0 Å². The van der Waals surface area contributed by atoms with Crippen LogP contribution in [0.15, 0.2) is 30.3 Å². The smallest absolute Gasteiger partial charge is 0.237 e. The third kappa shape index (κ3) is 4.22. The summed E-state index contributed by atoms with van der Waals surface area (Å²) in [7, 11) is 0. The summed E-state index contributed by atoms with van der Waals surface area (Å²) in [5.74, 6) is 0.750. The van der Waals surface area contributed by atoms with Gasteiger partial charge in [-0.1, -0.05) is 37.3 Å². The number of benzene rings is 1. The van der Waals surface area contributed by atoms with Crippen molar-refractivity contribution in [2.24, 2.45) is 5.92 Å². The molecule has 0 saturated carbocycles. The van der Waals surface area contributed by atoms with Crippen LogP contribution in [-0.2, 0) is 11.3 Å². The normalized spacial score (nSPS) is 18.8. The Kier molecular flexibility index (Phi) is 5.86. The second-order valence-corrected chi connectivity index (χ2v) is 5.71. The van der Waals surface area contributed by atoms with Gasteiger partial charge in [0.25, 0.3) is 0 Å². The minimum Gasteiger partial charge on any atom is -0.341 e. The van der Waals surface area contributed by atoms with Gasteiger partial charge in [-0.15, -0.1) is 11.6 Å². The van der Waals surface area contributed by atoms with Crippen LogP contribution in [-0.4, -0.2) is 47.8 Å². The van der Waals surface area contributed by atoms with Crippen LogP contribution < -0.4 is 0 Å². The van der Waals surface area contributed by atoms with Gasteiger partial charge in [-0.25, -0.2) is 0 Å². The fourth-order valence-corrected chi connectivity index (χ4v) is 2.97. The van der Waals surface area contributed by atoms with Crippen LogP contribution in [0.25, 0.3) is 0 Å². The molecule has 20 heavy (non-hydrogen) atoms. The minimum absolute atomic E-state index is 0.0697. The molecule has 1 saturated heterocycles. The monoisotopic (exact) mass is 294 g/mol. The van der Waals surface area contributed by atoms with Crippen LogP contribution in [0.3, 0.4) is 0 Å². The maximum atomic E-state index is 11.6. The summed E-state index contributed by atoms with van der Waals surface area (Å²) < 4.78 is 0. The van der Waals surface area contributed by atoms with E-state index in [0.717, 1.165) is 39.1 Å². The second kappa shape index (κ2) is 7.65. The molecule has 110 valence electrons. The zero-order chi connectivity index (χ0) is 14.4. The fraction of sp³-hybridized carbons (Fsp3) is 0.562. The topological polar surface area (TPSA) is 23.6 Å². The Morgan fingerprint density at radius 3 is 2.80 bits per heavy atom. The molecule has 1 fully saturated rings. The van der Waals surface area contributed by atoms with Crippen molar-refractivity contribution < 1.29 is 4.79 Å². The molecule has 0 aromatic heterocycles. The van der Waals surface area contributed by atoms with E-state index in [-0.39, 0.29) is 11.8 Å². The van der Waals surface area contributed by atoms with E-state index in [0.29, 0.717) is 5.92 Å². The molecule has 2 rings (SSSR count). The summed E-state index contributed by atoms with van der Waals surface area (Å²) in [6.07, 6.45) is 1.09. The van der Waals surface area contributed by atoms with Gasteiger partial charge in [-0.3, -0.25) is 9.69 Å². The van der Waals surface area contributed by atoms with Gasteiger partial charge in [-0.05, 0) is 24.4 Å². The summed E-state index contributed by atoms with van der Waals surface area (Å²) in [5.41, 5.74) is 1.35. The molecular formula is C16H23ClN2O. The summed E-state index contributed by atoms with van der Waals surface area (Å²) >= 11 is 5.62. The number of hydrogen-bond donors (Lipinski definition) is 0. The summed E-state index contributed by atoms with van der Waals surface area (Å²) in [4.78, 5) is 15.9. The Morgan fingerprint density at radius 1 is 1.40 bits per heavy atom. The number of carbonyl (C=O) groups excluding carboxylic acids is 1. The standard InChI is InChI=1S/C16H23ClN2O/c1-2-18(11-14-6-4-3-5-7-14)12-15-8-9-19(13-15)16(20)10-17/h3-7,15H,2,8-13H2,1H3/t15-/m1/s1. The van der Waals surface area contributed by atoms with Crippen molar-refractivity contribution >= 4 is 17.5 Å². The second-order valence-electron chi connectivity index (χ2n) is 5.44. The minimum atomic E-state index is 0.0697. The van der Waals surface area contributed by atoms with E-state index in [4.69, 9.17) is 11.6 Å². The first-order valence-corrected chi connectivity index (χ1v) is 7.86. The highest BCUT2D eigenvalue weighted by Crippen LogP contribution is 2.19. The van der Waals surface area contributed by atoms with Gasteiger partial charge in [0.2, 0.25) is 5.91 Å². The Hall–Kier alpha value is -1.06. The van der Waals surface area contributed by atoms with Crippen molar-refractivity contribution in [3.05, 3.63) is 35.9 Å². The third-order valence-electron chi connectivity index (χ3n) is 3.97. The molecule has 1 aliphatic heterocycles. The number of hydrogen-bond acceptors (Lipinski definition) is 2. The van der Waals surface area contributed by atoms with Crippen molar-refractivity contribution in [1.82, 2.24) is 9.80 Å². The molecule has 1 heterocycles. The zero-order valence-corrected chi connectivity index (χ0v) is 12.9. The van der Waals surface area contributed by atoms with Gasteiger partial charge in [0, 0.05) is 26.2 Å². The van der Waals surface area contributed by atoms with Gasteiger partial charge >= 0.3 is 0 Å². The maximum absolute atomic E-state index is 11.6. The molecule has 4 heteroatoms. The lowest BCUT2D eigenvalue weighted by Crippen LogP contribution is -2.33. The molecule has 1 aliphatic rings. The maximum Gasteiger partial charge on any atom is 0.237 e. The first-order valence-electron chi connectivity index (χ1n) is 7.33. The highest BCUT2D eigenvalue weighted by atomic mass is 35.5. The predicted octanol–water partition coefficient (Wildman–Crippen LogP) is 2.60. The van der Waals surface area contributed by atoms with Crippen LogP contribution in [0.2, 0.25) is 0 Å². The fourth-order valence-electron chi connectivity index (χ4n) is 2.80. The molecule has 0 bridgehead atoms. The van der Waals surface area contributed by atoms with Crippen molar-refractivity contribution in [3.63, 3.8) is 0 Å². The molecular weight excluding hydrogens is 272 g/mol. The average molecular weight is 295 g/mol. The molecule has 0 N–H and O–H groups in total. The molecule has 1 aromatic carbocycles. The van der Waals surface area contributed by atoms with Crippen molar-refractivity contribution in [3.8, 4) is 0 Å². The summed E-state index contributed by atoms with van der Waals surface area (Å²) in [6.45, 7) is 6.99. The number of amides is 1. The third-order valence-corrected chi connectivity index (χ3v) is 4.19. The van der Waals surface area contributed by atoms with E-state index in [1.54, 1.807) is 0 Å². The van der Waals surface area contributed by atoms with E-state index >= 15 is 0 Å². The molecule has 3 nitrogen and oxygen atoms in total. The Bertz CT molecular complexity index is 424. The first-order chi connectivity index (χ1) is 9.72. The number of halogens is 1. The quantitative estimate of drug-likeness (QED) is 0.753. The molecule has 0 unspecified atom stereocenters. The van der Waals surface area contributed by atoms with E-state index < -0.39 is 0 Å². The highest BCUT2D eigenvalue weighted by molar-refractivity contribution is 6.27. The Balaban J connectivity index is 1.84. The Morgan fingerprint density at radius 2 is 2.15 bits per heavy atom. The van der Waals surface area contributed by atoms with Gasteiger partial charge in [0.05, 0.1) is 0 Å². The van der Waals surface area contributed by atoms with E-state index in [1.807, 2.05) is 11.0 Å². The van der Waals surface area contributed by atoms with E-state index in [9.17, 15) is 4.79 Å².